The van der Waals surface area contributed by atoms with Gasteiger partial charge in [-0.2, -0.15) is 0 Å². The van der Waals surface area contributed by atoms with Crippen molar-refractivity contribution in [2.24, 2.45) is 0 Å². The SMILES string of the molecule is CC[C@H](CO)NC(=O)c1cc(Br)cc([N+](=O)[O-])c1. The van der Waals surface area contributed by atoms with Gasteiger partial charge in [-0.15, -0.1) is 0 Å². The van der Waals surface area contributed by atoms with E-state index in [1.165, 1.54) is 18.2 Å². The van der Waals surface area contributed by atoms with E-state index in [1.54, 1.807) is 0 Å². The molecule has 0 aliphatic rings. The van der Waals surface area contributed by atoms with Crippen LogP contribution in [-0.4, -0.2) is 28.6 Å². The Labute approximate surface area is 112 Å². The summed E-state index contributed by atoms with van der Waals surface area (Å²) in [6.07, 6.45) is 0.582. The number of aliphatic hydroxyl groups excluding tert-OH is 1. The largest absolute Gasteiger partial charge is 0.394 e. The molecule has 1 amide bonds. The van der Waals surface area contributed by atoms with Crippen molar-refractivity contribution in [2.45, 2.75) is 19.4 Å². The zero-order chi connectivity index (χ0) is 13.7. The number of non-ortho nitro benzene ring substituents is 1. The fourth-order valence-corrected chi connectivity index (χ4v) is 1.84. The lowest BCUT2D eigenvalue weighted by Gasteiger charge is -2.13. The van der Waals surface area contributed by atoms with E-state index in [0.29, 0.717) is 10.9 Å². The van der Waals surface area contributed by atoms with Crippen LogP contribution in [-0.2, 0) is 0 Å². The van der Waals surface area contributed by atoms with E-state index in [1.807, 2.05) is 6.92 Å². The summed E-state index contributed by atoms with van der Waals surface area (Å²) in [7, 11) is 0. The smallest absolute Gasteiger partial charge is 0.271 e. The summed E-state index contributed by atoms with van der Waals surface area (Å²) < 4.78 is 0.457. The minimum Gasteiger partial charge on any atom is -0.394 e. The third kappa shape index (κ3) is 3.78. The van der Waals surface area contributed by atoms with Crippen molar-refractivity contribution in [1.82, 2.24) is 5.32 Å². The molecule has 0 spiro atoms. The van der Waals surface area contributed by atoms with Gasteiger partial charge in [0.1, 0.15) is 0 Å². The van der Waals surface area contributed by atoms with Crippen LogP contribution in [0.15, 0.2) is 22.7 Å². The molecule has 2 N–H and O–H groups in total. The van der Waals surface area contributed by atoms with Gasteiger partial charge in [0.25, 0.3) is 11.6 Å². The average Bonchev–Trinajstić information content (AvgIpc) is 2.34. The van der Waals surface area contributed by atoms with Gasteiger partial charge >= 0.3 is 0 Å². The van der Waals surface area contributed by atoms with E-state index in [9.17, 15) is 14.9 Å². The summed E-state index contributed by atoms with van der Waals surface area (Å²) in [5.41, 5.74) is 0.0227. The Balaban J connectivity index is 2.95. The summed E-state index contributed by atoms with van der Waals surface area (Å²) >= 11 is 3.12. The zero-order valence-corrected chi connectivity index (χ0v) is 11.3. The first kappa shape index (κ1) is 14.6. The Morgan fingerprint density at radius 3 is 2.72 bits per heavy atom. The maximum atomic E-state index is 11.8. The standard InChI is InChI=1S/C11H13BrN2O4/c1-2-9(6-15)13-11(16)7-3-8(12)5-10(4-7)14(17)18/h3-5,9,15H,2,6H2,1H3,(H,13,16)/t9-/m1/s1. The number of nitrogens with zero attached hydrogens (tertiary/aromatic N) is 1. The summed E-state index contributed by atoms with van der Waals surface area (Å²) in [4.78, 5) is 21.9. The summed E-state index contributed by atoms with van der Waals surface area (Å²) in [5.74, 6) is -0.444. The van der Waals surface area contributed by atoms with Gasteiger partial charge < -0.3 is 10.4 Å². The molecule has 1 aromatic rings. The number of aliphatic hydroxyl groups is 1. The van der Waals surface area contributed by atoms with Crippen molar-refractivity contribution >= 4 is 27.5 Å². The van der Waals surface area contributed by atoms with Crippen LogP contribution in [0.3, 0.4) is 0 Å². The van der Waals surface area contributed by atoms with Crippen LogP contribution < -0.4 is 5.32 Å². The van der Waals surface area contributed by atoms with E-state index >= 15 is 0 Å². The normalized spacial score (nSPS) is 11.9. The summed E-state index contributed by atoms with van der Waals surface area (Å²) in [5, 5.41) is 22.3. The maximum Gasteiger partial charge on any atom is 0.271 e. The number of nitrogens with one attached hydrogen (secondary N) is 1. The van der Waals surface area contributed by atoms with Gasteiger partial charge in [0.15, 0.2) is 0 Å². The molecule has 0 radical (unpaired) electrons. The third-order valence-electron chi connectivity index (χ3n) is 2.40. The van der Waals surface area contributed by atoms with Crippen LogP contribution >= 0.6 is 15.9 Å². The van der Waals surface area contributed by atoms with Crippen molar-refractivity contribution < 1.29 is 14.8 Å². The molecule has 18 heavy (non-hydrogen) atoms. The molecule has 0 unspecified atom stereocenters. The number of carbonyl (C=O) groups is 1. The molecule has 7 heteroatoms. The number of nitro groups is 1. The number of halogens is 1. The van der Waals surface area contributed by atoms with Crippen molar-refractivity contribution in [3.63, 3.8) is 0 Å². The first-order valence-electron chi connectivity index (χ1n) is 5.34. The van der Waals surface area contributed by atoms with E-state index in [2.05, 4.69) is 21.2 Å². The zero-order valence-electron chi connectivity index (χ0n) is 9.72. The summed E-state index contributed by atoms with van der Waals surface area (Å²) in [6, 6.07) is 3.66. The fraction of sp³-hybridized carbons (Fsp3) is 0.364. The topological polar surface area (TPSA) is 92.5 Å². The van der Waals surface area contributed by atoms with Crippen LogP contribution in [0.5, 0.6) is 0 Å². The molecular weight excluding hydrogens is 304 g/mol. The van der Waals surface area contributed by atoms with E-state index in [0.717, 1.165) is 0 Å². The highest BCUT2D eigenvalue weighted by Gasteiger charge is 2.16. The van der Waals surface area contributed by atoms with Crippen LogP contribution in [0.4, 0.5) is 5.69 Å². The van der Waals surface area contributed by atoms with E-state index in [-0.39, 0.29) is 23.9 Å². The van der Waals surface area contributed by atoms with E-state index in [4.69, 9.17) is 5.11 Å². The molecule has 0 saturated heterocycles. The quantitative estimate of drug-likeness (QED) is 0.640. The van der Waals surface area contributed by atoms with Crippen molar-refractivity contribution in [1.29, 1.82) is 0 Å². The molecule has 1 atom stereocenters. The lowest BCUT2D eigenvalue weighted by atomic mass is 10.1. The average molecular weight is 317 g/mol. The molecule has 0 fully saturated rings. The van der Waals surface area contributed by atoms with Gasteiger partial charge in [-0.25, -0.2) is 0 Å². The van der Waals surface area contributed by atoms with Crippen molar-refractivity contribution in [3.8, 4) is 0 Å². The summed E-state index contributed by atoms with van der Waals surface area (Å²) in [6.45, 7) is 1.66. The molecular formula is C11H13BrN2O4. The maximum absolute atomic E-state index is 11.8. The molecule has 0 saturated carbocycles. The molecule has 0 aliphatic carbocycles. The molecule has 98 valence electrons. The van der Waals surface area contributed by atoms with Gasteiger partial charge in [0, 0.05) is 22.2 Å². The second-order valence-electron chi connectivity index (χ2n) is 3.72. The number of rotatable bonds is 5. The predicted molar refractivity (Wildman–Crippen MR) is 69.4 cm³/mol. The number of nitro benzene ring substituents is 1. The molecule has 0 heterocycles. The monoisotopic (exact) mass is 316 g/mol. The Morgan fingerprint density at radius 2 is 2.22 bits per heavy atom. The number of benzene rings is 1. The minimum atomic E-state index is -0.565. The second kappa shape index (κ2) is 6.46. The first-order chi connectivity index (χ1) is 8.47. The van der Waals surface area contributed by atoms with Gasteiger partial charge in [-0.1, -0.05) is 22.9 Å². The molecule has 6 nitrogen and oxygen atoms in total. The van der Waals surface area contributed by atoms with Crippen LogP contribution in [0.2, 0.25) is 0 Å². The van der Waals surface area contributed by atoms with Crippen molar-refractivity contribution in [2.75, 3.05) is 6.61 Å². The van der Waals surface area contributed by atoms with Crippen LogP contribution in [0, 0.1) is 10.1 Å². The highest BCUT2D eigenvalue weighted by Crippen LogP contribution is 2.21. The van der Waals surface area contributed by atoms with Crippen LogP contribution in [0.1, 0.15) is 23.7 Å². The van der Waals surface area contributed by atoms with Gasteiger partial charge in [0.2, 0.25) is 0 Å². The molecule has 1 aromatic carbocycles. The lowest BCUT2D eigenvalue weighted by Crippen LogP contribution is -2.36. The van der Waals surface area contributed by atoms with Crippen molar-refractivity contribution in [3.05, 3.63) is 38.3 Å². The Bertz CT molecular complexity index is 460. The Hall–Kier alpha value is -1.47. The molecule has 1 rings (SSSR count). The highest BCUT2D eigenvalue weighted by molar-refractivity contribution is 9.10. The highest BCUT2D eigenvalue weighted by atomic mass is 79.9. The minimum absolute atomic E-state index is 0.161. The van der Waals surface area contributed by atoms with Crippen LogP contribution in [0.25, 0.3) is 0 Å². The molecule has 0 aromatic heterocycles. The Morgan fingerprint density at radius 1 is 1.56 bits per heavy atom. The number of amides is 1. The Kier molecular flexibility index (Phi) is 5.24. The second-order valence-corrected chi connectivity index (χ2v) is 4.63. The first-order valence-corrected chi connectivity index (χ1v) is 6.14. The fourth-order valence-electron chi connectivity index (χ4n) is 1.36. The van der Waals surface area contributed by atoms with Gasteiger partial charge in [0.05, 0.1) is 17.6 Å². The molecule has 0 bridgehead atoms. The predicted octanol–water partition coefficient (Wildman–Crippen LogP) is 1.86. The van der Waals surface area contributed by atoms with Gasteiger partial charge in [-0.3, -0.25) is 14.9 Å². The van der Waals surface area contributed by atoms with E-state index < -0.39 is 10.8 Å². The number of hydrogen-bond acceptors (Lipinski definition) is 4. The lowest BCUT2D eigenvalue weighted by molar-refractivity contribution is -0.385. The third-order valence-corrected chi connectivity index (χ3v) is 2.86. The number of hydrogen-bond donors (Lipinski definition) is 2. The number of carbonyl (C=O) groups excluding carboxylic acids is 1. The molecule has 0 aliphatic heterocycles. The van der Waals surface area contributed by atoms with Gasteiger partial charge in [-0.05, 0) is 12.5 Å².